The zero-order chi connectivity index (χ0) is 21.7. The van der Waals surface area contributed by atoms with E-state index in [1.165, 1.54) is 12.1 Å². The number of amidine groups is 1. The zero-order valence-electron chi connectivity index (χ0n) is 17.2. The third-order valence-electron chi connectivity index (χ3n) is 5.23. The molecule has 0 aliphatic carbocycles. The van der Waals surface area contributed by atoms with Gasteiger partial charge in [0.1, 0.15) is 5.84 Å². The van der Waals surface area contributed by atoms with Gasteiger partial charge in [-0.25, -0.2) is 8.42 Å². The average molecular weight is 443 g/mol. The van der Waals surface area contributed by atoms with Crippen LogP contribution < -0.4 is 10.0 Å². The molecule has 2 aromatic carbocycles. The summed E-state index contributed by atoms with van der Waals surface area (Å²) in [4.78, 5) is 19.3. The minimum atomic E-state index is -3.74. The Bertz CT molecular complexity index is 1080. The Labute approximate surface area is 182 Å². The van der Waals surface area contributed by atoms with Crippen molar-refractivity contribution in [3.05, 3.63) is 59.7 Å². The summed E-state index contributed by atoms with van der Waals surface area (Å²) in [5.41, 5.74) is 1.99. The summed E-state index contributed by atoms with van der Waals surface area (Å²) in [5.74, 6) is 0.193. The van der Waals surface area contributed by atoms with Gasteiger partial charge in [-0.05, 0) is 42.3 Å². The summed E-state index contributed by atoms with van der Waals surface area (Å²) in [6.07, 6.45) is 1.47. The molecule has 164 valence electrons. The summed E-state index contributed by atoms with van der Waals surface area (Å²) < 4.78 is 33.1. The fourth-order valence-corrected chi connectivity index (χ4v) is 4.74. The van der Waals surface area contributed by atoms with Gasteiger partial charge >= 0.3 is 0 Å². The Morgan fingerprint density at radius 3 is 2.68 bits per heavy atom. The van der Waals surface area contributed by atoms with E-state index >= 15 is 0 Å². The lowest BCUT2D eigenvalue weighted by Crippen LogP contribution is -2.35. The number of carbonyl (C=O) groups is 1. The first kappa shape index (κ1) is 21.5. The van der Waals surface area contributed by atoms with E-state index in [9.17, 15) is 13.2 Å². The number of hydrogen-bond donors (Lipinski definition) is 2. The minimum Gasteiger partial charge on any atom is -0.379 e. The van der Waals surface area contributed by atoms with Crippen LogP contribution in [0.15, 0.2) is 58.4 Å². The first-order valence-electron chi connectivity index (χ1n) is 10.4. The number of hydrogen-bond acceptors (Lipinski definition) is 6. The first-order chi connectivity index (χ1) is 15.0. The normalized spacial score (nSPS) is 17.2. The molecule has 0 unspecified atom stereocenters. The van der Waals surface area contributed by atoms with Gasteiger partial charge in [-0.2, -0.15) is 0 Å². The Morgan fingerprint density at radius 1 is 1.10 bits per heavy atom. The molecule has 2 heterocycles. The van der Waals surface area contributed by atoms with Crippen LogP contribution in [0.4, 0.5) is 5.69 Å². The number of rotatable bonds is 6. The van der Waals surface area contributed by atoms with Gasteiger partial charge in [0.15, 0.2) is 0 Å². The van der Waals surface area contributed by atoms with E-state index < -0.39 is 10.0 Å². The van der Waals surface area contributed by atoms with Crippen LogP contribution in [0.25, 0.3) is 0 Å². The number of nitrogens with one attached hydrogen (secondary N) is 2. The van der Waals surface area contributed by atoms with Crippen molar-refractivity contribution in [1.82, 2.24) is 9.62 Å². The molecule has 2 aliphatic heterocycles. The summed E-state index contributed by atoms with van der Waals surface area (Å²) in [6, 6.07) is 13.7. The summed E-state index contributed by atoms with van der Waals surface area (Å²) >= 11 is 0. The van der Waals surface area contributed by atoms with Crippen molar-refractivity contribution in [2.75, 3.05) is 38.2 Å². The van der Waals surface area contributed by atoms with Crippen LogP contribution in [0.1, 0.15) is 28.8 Å². The number of ether oxygens (including phenoxy) is 1. The van der Waals surface area contributed by atoms with Gasteiger partial charge in [0, 0.05) is 43.9 Å². The van der Waals surface area contributed by atoms with Crippen molar-refractivity contribution < 1.29 is 17.9 Å². The molecule has 4 rings (SSSR count). The highest BCUT2D eigenvalue weighted by Gasteiger charge is 2.19. The van der Waals surface area contributed by atoms with Crippen molar-refractivity contribution >= 4 is 27.5 Å². The molecular formula is C22H26N4O4S. The summed E-state index contributed by atoms with van der Waals surface area (Å²) in [7, 11) is -3.74. The van der Waals surface area contributed by atoms with E-state index in [-0.39, 0.29) is 10.8 Å². The smallest absolute Gasteiger partial charge is 0.262 e. The molecule has 0 aromatic heterocycles. The molecule has 0 radical (unpaired) electrons. The van der Waals surface area contributed by atoms with Crippen molar-refractivity contribution in [3.63, 3.8) is 0 Å². The molecule has 1 amide bonds. The number of amides is 1. The van der Waals surface area contributed by atoms with Crippen LogP contribution in [-0.2, 0) is 21.3 Å². The maximum absolute atomic E-state index is 12.8. The van der Waals surface area contributed by atoms with Crippen molar-refractivity contribution in [3.8, 4) is 0 Å². The van der Waals surface area contributed by atoms with Gasteiger partial charge in [0.2, 0.25) is 0 Å². The SMILES string of the molecule is O=C(Nc1cccc(S(=O)(=O)NC2=NCCC2)c1)c1cccc(CN2CCOCC2)c1. The molecule has 1 saturated heterocycles. The Kier molecular flexibility index (Phi) is 6.64. The third kappa shape index (κ3) is 5.69. The topological polar surface area (TPSA) is 100 Å². The molecule has 0 bridgehead atoms. The van der Waals surface area contributed by atoms with Gasteiger partial charge < -0.3 is 10.1 Å². The average Bonchev–Trinajstić information content (AvgIpc) is 3.27. The number of morpholine rings is 1. The first-order valence-corrected chi connectivity index (χ1v) is 11.8. The quantitative estimate of drug-likeness (QED) is 0.715. The van der Waals surface area contributed by atoms with Crippen molar-refractivity contribution in [2.45, 2.75) is 24.3 Å². The highest BCUT2D eigenvalue weighted by atomic mass is 32.2. The largest absolute Gasteiger partial charge is 0.379 e. The molecular weight excluding hydrogens is 416 g/mol. The van der Waals surface area contributed by atoms with E-state index in [1.54, 1.807) is 18.2 Å². The number of benzene rings is 2. The van der Waals surface area contributed by atoms with E-state index in [0.717, 1.165) is 44.8 Å². The number of nitrogens with zero attached hydrogens (tertiary/aromatic N) is 2. The fraction of sp³-hybridized carbons (Fsp3) is 0.364. The summed E-state index contributed by atoms with van der Waals surface area (Å²) in [6.45, 7) is 4.59. The third-order valence-corrected chi connectivity index (χ3v) is 6.61. The van der Waals surface area contributed by atoms with Crippen molar-refractivity contribution in [2.24, 2.45) is 4.99 Å². The highest BCUT2D eigenvalue weighted by molar-refractivity contribution is 7.90. The predicted molar refractivity (Wildman–Crippen MR) is 119 cm³/mol. The second-order valence-electron chi connectivity index (χ2n) is 7.61. The second kappa shape index (κ2) is 9.59. The highest BCUT2D eigenvalue weighted by Crippen LogP contribution is 2.18. The summed E-state index contributed by atoms with van der Waals surface area (Å²) in [5, 5.41) is 2.80. The zero-order valence-corrected chi connectivity index (χ0v) is 18.0. The Hall–Kier alpha value is -2.75. The Morgan fingerprint density at radius 2 is 1.90 bits per heavy atom. The number of carbonyl (C=O) groups excluding carboxylic acids is 1. The monoisotopic (exact) mass is 442 g/mol. The van der Waals surface area contributed by atoms with E-state index in [2.05, 4.69) is 19.9 Å². The van der Waals surface area contributed by atoms with Gasteiger partial charge in [-0.1, -0.05) is 18.2 Å². The second-order valence-corrected chi connectivity index (χ2v) is 9.29. The van der Waals surface area contributed by atoms with Crippen molar-refractivity contribution in [1.29, 1.82) is 0 Å². The molecule has 31 heavy (non-hydrogen) atoms. The molecule has 0 atom stereocenters. The van der Waals surface area contributed by atoms with Crippen LogP contribution in [0.3, 0.4) is 0 Å². The number of sulfonamides is 1. The lowest BCUT2D eigenvalue weighted by molar-refractivity contribution is 0.0342. The maximum Gasteiger partial charge on any atom is 0.262 e. The van der Waals surface area contributed by atoms with Crippen LogP contribution >= 0.6 is 0 Å². The van der Waals surface area contributed by atoms with Gasteiger partial charge in [-0.3, -0.25) is 19.4 Å². The van der Waals surface area contributed by atoms with Crippen LogP contribution in [0, 0.1) is 0 Å². The molecule has 9 heteroatoms. The van der Waals surface area contributed by atoms with E-state index in [1.807, 2.05) is 18.2 Å². The maximum atomic E-state index is 12.8. The predicted octanol–water partition coefficient (Wildman–Crippen LogP) is 2.24. The molecule has 2 aliphatic rings. The molecule has 2 aromatic rings. The van der Waals surface area contributed by atoms with Crippen LogP contribution in [0.5, 0.6) is 0 Å². The van der Waals surface area contributed by atoms with Gasteiger partial charge in [0.25, 0.3) is 15.9 Å². The molecule has 0 saturated carbocycles. The van der Waals surface area contributed by atoms with Gasteiger partial charge in [0.05, 0.1) is 18.1 Å². The van der Waals surface area contributed by atoms with E-state index in [0.29, 0.717) is 30.1 Å². The van der Waals surface area contributed by atoms with Crippen LogP contribution in [0.2, 0.25) is 0 Å². The fourth-order valence-electron chi connectivity index (χ4n) is 3.61. The molecule has 1 fully saturated rings. The van der Waals surface area contributed by atoms with E-state index in [4.69, 9.17) is 4.74 Å². The molecule has 8 nitrogen and oxygen atoms in total. The Balaban J connectivity index is 1.44. The lowest BCUT2D eigenvalue weighted by atomic mass is 10.1. The molecule has 2 N–H and O–H groups in total. The molecule has 0 spiro atoms. The minimum absolute atomic E-state index is 0.0842. The number of aliphatic imine (C=N–C) groups is 1. The standard InChI is InChI=1S/C22H26N4O4S/c27-22(18-5-1-4-17(14-18)16-26-10-12-30-13-11-26)24-19-6-2-7-20(15-19)31(28,29)25-21-8-3-9-23-21/h1-2,4-7,14-15H,3,8-13,16H2,(H,23,25)(H,24,27). The van der Waals surface area contributed by atoms with Crippen LogP contribution in [-0.4, -0.2) is 57.9 Å². The van der Waals surface area contributed by atoms with Gasteiger partial charge in [-0.15, -0.1) is 0 Å². The number of anilines is 1. The lowest BCUT2D eigenvalue weighted by Gasteiger charge is -2.26.